The number of anilines is 1. The van der Waals surface area contributed by atoms with E-state index >= 15 is 0 Å². The quantitative estimate of drug-likeness (QED) is 0.756. The van der Waals surface area contributed by atoms with Crippen LogP contribution in [0.1, 0.15) is 29.8 Å². The van der Waals surface area contributed by atoms with Gasteiger partial charge in [0.25, 0.3) is 5.91 Å². The summed E-state index contributed by atoms with van der Waals surface area (Å²) in [5.74, 6) is 0.0519. The fourth-order valence-corrected chi connectivity index (χ4v) is 2.29. The predicted octanol–water partition coefficient (Wildman–Crippen LogP) is 2.62. The average molecular weight is 327 g/mol. The summed E-state index contributed by atoms with van der Waals surface area (Å²) in [5, 5.41) is 10.0. The number of rotatable bonds is 5. The standard InChI is InChI=1S/C17H18FN5O/c1-11(2)21-17(24)13-10-20-23-8-7-15(22-16(13)23)19-9-12-5-3-4-6-14(12)18/h3-8,10-11H,9H2,1-2H3,(H,19,22)(H,21,24). The SMILES string of the molecule is CC(C)NC(=O)c1cnn2ccc(NCc3ccccc3F)nc12. The van der Waals surface area contributed by atoms with Gasteiger partial charge in [-0.25, -0.2) is 13.9 Å². The summed E-state index contributed by atoms with van der Waals surface area (Å²) in [6.45, 7) is 4.08. The summed E-state index contributed by atoms with van der Waals surface area (Å²) < 4.78 is 15.2. The first-order valence-electron chi connectivity index (χ1n) is 7.67. The lowest BCUT2D eigenvalue weighted by Crippen LogP contribution is -2.30. The van der Waals surface area contributed by atoms with Gasteiger partial charge in [0.1, 0.15) is 17.2 Å². The molecule has 124 valence electrons. The Balaban J connectivity index is 1.82. The van der Waals surface area contributed by atoms with Crippen LogP contribution in [0.25, 0.3) is 5.65 Å². The minimum Gasteiger partial charge on any atom is -0.366 e. The van der Waals surface area contributed by atoms with Crippen LogP contribution in [0.3, 0.4) is 0 Å². The topological polar surface area (TPSA) is 71.3 Å². The van der Waals surface area contributed by atoms with Crippen LogP contribution < -0.4 is 10.6 Å². The zero-order valence-corrected chi connectivity index (χ0v) is 13.5. The normalized spacial score (nSPS) is 11.0. The number of fused-ring (bicyclic) bond motifs is 1. The van der Waals surface area contributed by atoms with Crippen molar-refractivity contribution in [2.45, 2.75) is 26.4 Å². The lowest BCUT2D eigenvalue weighted by Gasteiger charge is -2.08. The van der Waals surface area contributed by atoms with Crippen LogP contribution in [0.4, 0.5) is 10.2 Å². The van der Waals surface area contributed by atoms with E-state index in [9.17, 15) is 9.18 Å². The molecule has 0 aliphatic carbocycles. The van der Waals surface area contributed by atoms with Crippen LogP contribution >= 0.6 is 0 Å². The molecule has 0 atom stereocenters. The van der Waals surface area contributed by atoms with Crippen molar-refractivity contribution in [3.05, 3.63) is 59.7 Å². The molecule has 3 rings (SSSR count). The first kappa shape index (κ1) is 15.9. The number of nitrogens with one attached hydrogen (secondary N) is 2. The first-order chi connectivity index (χ1) is 11.5. The Hall–Kier alpha value is -2.96. The molecule has 0 aliphatic heterocycles. The van der Waals surface area contributed by atoms with Crippen molar-refractivity contribution < 1.29 is 9.18 Å². The van der Waals surface area contributed by atoms with E-state index < -0.39 is 0 Å². The van der Waals surface area contributed by atoms with E-state index in [0.29, 0.717) is 29.1 Å². The molecule has 2 N–H and O–H groups in total. The summed E-state index contributed by atoms with van der Waals surface area (Å²) in [6, 6.07) is 8.30. The van der Waals surface area contributed by atoms with E-state index in [1.54, 1.807) is 30.5 Å². The van der Waals surface area contributed by atoms with E-state index in [1.807, 2.05) is 13.8 Å². The van der Waals surface area contributed by atoms with E-state index in [2.05, 4.69) is 20.7 Å². The van der Waals surface area contributed by atoms with Gasteiger partial charge < -0.3 is 10.6 Å². The molecule has 1 aromatic carbocycles. The Labute approximate surface area is 138 Å². The van der Waals surface area contributed by atoms with Gasteiger partial charge in [-0.15, -0.1) is 0 Å². The number of hydrogen-bond donors (Lipinski definition) is 2. The molecule has 0 radical (unpaired) electrons. The molecule has 3 aromatic rings. The summed E-state index contributed by atoms with van der Waals surface area (Å²) in [7, 11) is 0. The second kappa shape index (κ2) is 6.66. The van der Waals surface area contributed by atoms with Crippen molar-refractivity contribution in [3.8, 4) is 0 Å². The lowest BCUT2D eigenvalue weighted by atomic mass is 10.2. The summed E-state index contributed by atoms with van der Waals surface area (Å²) in [4.78, 5) is 16.6. The molecule has 0 spiro atoms. The molecule has 0 unspecified atom stereocenters. The molecular weight excluding hydrogens is 309 g/mol. The Kier molecular flexibility index (Phi) is 4.41. The third kappa shape index (κ3) is 3.34. The van der Waals surface area contributed by atoms with Crippen LogP contribution in [-0.2, 0) is 6.54 Å². The second-order valence-corrected chi connectivity index (χ2v) is 5.71. The summed E-state index contributed by atoms with van der Waals surface area (Å²) in [5.41, 5.74) is 1.40. The molecule has 0 fully saturated rings. The third-order valence-electron chi connectivity index (χ3n) is 3.45. The number of carbonyl (C=O) groups is 1. The molecule has 0 saturated heterocycles. The molecule has 2 aromatic heterocycles. The molecule has 24 heavy (non-hydrogen) atoms. The van der Waals surface area contributed by atoms with E-state index in [1.165, 1.54) is 16.8 Å². The predicted molar refractivity (Wildman–Crippen MR) is 89.3 cm³/mol. The van der Waals surface area contributed by atoms with Crippen LogP contribution in [-0.4, -0.2) is 26.5 Å². The van der Waals surface area contributed by atoms with Crippen molar-refractivity contribution >= 4 is 17.4 Å². The second-order valence-electron chi connectivity index (χ2n) is 5.71. The van der Waals surface area contributed by atoms with Crippen LogP contribution in [0, 0.1) is 5.82 Å². The van der Waals surface area contributed by atoms with Gasteiger partial charge in [-0.1, -0.05) is 18.2 Å². The third-order valence-corrected chi connectivity index (χ3v) is 3.45. The Morgan fingerprint density at radius 2 is 2.08 bits per heavy atom. The fraction of sp³-hybridized carbons (Fsp3) is 0.235. The molecule has 0 bridgehead atoms. The smallest absolute Gasteiger partial charge is 0.256 e. The zero-order valence-electron chi connectivity index (χ0n) is 13.5. The van der Waals surface area contributed by atoms with Gasteiger partial charge in [0.2, 0.25) is 0 Å². The lowest BCUT2D eigenvalue weighted by molar-refractivity contribution is 0.0944. The Morgan fingerprint density at radius 1 is 1.29 bits per heavy atom. The minimum atomic E-state index is -0.271. The maximum Gasteiger partial charge on any atom is 0.256 e. The molecular formula is C17H18FN5O. The number of carbonyl (C=O) groups excluding carboxylic acids is 1. The molecule has 0 aliphatic rings. The van der Waals surface area contributed by atoms with Gasteiger partial charge in [-0.2, -0.15) is 5.10 Å². The first-order valence-corrected chi connectivity index (χ1v) is 7.67. The van der Waals surface area contributed by atoms with E-state index in [4.69, 9.17) is 0 Å². The molecule has 0 saturated carbocycles. The van der Waals surface area contributed by atoms with Crippen molar-refractivity contribution in [3.63, 3.8) is 0 Å². The van der Waals surface area contributed by atoms with Crippen molar-refractivity contribution in [2.75, 3.05) is 5.32 Å². The largest absolute Gasteiger partial charge is 0.366 e. The highest BCUT2D eigenvalue weighted by molar-refractivity contribution is 5.99. The van der Waals surface area contributed by atoms with Gasteiger partial charge in [0.05, 0.1) is 6.20 Å². The van der Waals surface area contributed by atoms with Crippen molar-refractivity contribution in [1.82, 2.24) is 19.9 Å². The monoisotopic (exact) mass is 327 g/mol. The minimum absolute atomic E-state index is 0.0230. The van der Waals surface area contributed by atoms with Crippen molar-refractivity contribution in [2.24, 2.45) is 0 Å². The fourth-order valence-electron chi connectivity index (χ4n) is 2.29. The highest BCUT2D eigenvalue weighted by Gasteiger charge is 2.15. The molecule has 1 amide bonds. The Morgan fingerprint density at radius 3 is 2.83 bits per heavy atom. The summed E-state index contributed by atoms with van der Waals surface area (Å²) in [6.07, 6.45) is 3.19. The van der Waals surface area contributed by atoms with E-state index in [0.717, 1.165) is 0 Å². The number of hydrogen-bond acceptors (Lipinski definition) is 4. The summed E-state index contributed by atoms with van der Waals surface area (Å²) >= 11 is 0. The average Bonchev–Trinajstić information content (AvgIpc) is 2.96. The highest BCUT2D eigenvalue weighted by Crippen LogP contribution is 2.14. The van der Waals surface area contributed by atoms with Gasteiger partial charge in [0, 0.05) is 24.3 Å². The van der Waals surface area contributed by atoms with Crippen LogP contribution in [0.15, 0.2) is 42.7 Å². The van der Waals surface area contributed by atoms with Gasteiger partial charge in [0.15, 0.2) is 5.65 Å². The maximum absolute atomic E-state index is 13.7. The van der Waals surface area contributed by atoms with Gasteiger partial charge in [-0.3, -0.25) is 4.79 Å². The maximum atomic E-state index is 13.7. The number of nitrogens with zero attached hydrogens (tertiary/aromatic N) is 3. The van der Waals surface area contributed by atoms with Crippen LogP contribution in [0.2, 0.25) is 0 Å². The molecule has 7 heteroatoms. The number of amides is 1. The zero-order chi connectivity index (χ0) is 17.1. The number of aromatic nitrogens is 3. The highest BCUT2D eigenvalue weighted by atomic mass is 19.1. The van der Waals surface area contributed by atoms with Crippen LogP contribution in [0.5, 0.6) is 0 Å². The Bertz CT molecular complexity index is 874. The van der Waals surface area contributed by atoms with Crippen molar-refractivity contribution in [1.29, 1.82) is 0 Å². The number of benzene rings is 1. The molecule has 6 nitrogen and oxygen atoms in total. The number of halogens is 1. The van der Waals surface area contributed by atoms with Gasteiger partial charge >= 0.3 is 0 Å². The van der Waals surface area contributed by atoms with Gasteiger partial charge in [-0.05, 0) is 26.0 Å². The van der Waals surface area contributed by atoms with E-state index in [-0.39, 0.29) is 17.8 Å². The molecule has 2 heterocycles.